The first-order valence-corrected chi connectivity index (χ1v) is 13.0. The SMILES string of the molecule is CC1=C(C(=O)Nc2ccc(S(C)(=O)=O)cc2)CC(C)N1c1ccccc1-c1cccc(CO)c1. The maximum Gasteiger partial charge on any atom is 0.253 e. The van der Waals surface area contributed by atoms with Gasteiger partial charge in [0.25, 0.3) is 5.91 Å². The highest BCUT2D eigenvalue weighted by molar-refractivity contribution is 7.90. The fourth-order valence-corrected chi connectivity index (χ4v) is 5.07. The van der Waals surface area contributed by atoms with Gasteiger partial charge in [0.15, 0.2) is 9.84 Å². The van der Waals surface area contributed by atoms with Crippen molar-refractivity contribution in [1.82, 2.24) is 0 Å². The number of aliphatic hydroxyl groups excluding tert-OH is 1. The number of sulfone groups is 1. The summed E-state index contributed by atoms with van der Waals surface area (Å²) in [7, 11) is -3.29. The van der Waals surface area contributed by atoms with Gasteiger partial charge in [-0.05, 0) is 61.4 Å². The average Bonchev–Trinajstić information content (AvgIpc) is 3.12. The molecule has 1 atom stereocenters. The molecule has 7 heteroatoms. The summed E-state index contributed by atoms with van der Waals surface area (Å²) in [6.45, 7) is 4.02. The van der Waals surface area contributed by atoms with Crippen LogP contribution < -0.4 is 10.2 Å². The van der Waals surface area contributed by atoms with E-state index in [0.717, 1.165) is 34.3 Å². The molecule has 3 aromatic carbocycles. The molecule has 3 aromatic rings. The van der Waals surface area contributed by atoms with Gasteiger partial charge in [0.05, 0.1) is 11.5 Å². The third-order valence-electron chi connectivity index (χ3n) is 6.14. The van der Waals surface area contributed by atoms with Crippen LogP contribution in [0.4, 0.5) is 11.4 Å². The van der Waals surface area contributed by atoms with Gasteiger partial charge in [-0.25, -0.2) is 8.42 Å². The van der Waals surface area contributed by atoms with E-state index < -0.39 is 9.84 Å². The Hall–Kier alpha value is -3.42. The lowest BCUT2D eigenvalue weighted by atomic mass is 10.0. The van der Waals surface area contributed by atoms with Crippen LogP contribution in [-0.2, 0) is 21.2 Å². The van der Waals surface area contributed by atoms with Gasteiger partial charge in [0, 0.05) is 46.9 Å². The van der Waals surface area contributed by atoms with Crippen LogP contribution in [0.15, 0.2) is 89.0 Å². The third-order valence-corrected chi connectivity index (χ3v) is 7.27. The Morgan fingerprint density at radius 1 is 1.06 bits per heavy atom. The van der Waals surface area contributed by atoms with Crippen molar-refractivity contribution in [1.29, 1.82) is 0 Å². The molecule has 34 heavy (non-hydrogen) atoms. The maximum atomic E-state index is 13.1. The molecular weight excluding hydrogens is 448 g/mol. The summed E-state index contributed by atoms with van der Waals surface area (Å²) in [5.41, 5.74) is 6.00. The zero-order valence-electron chi connectivity index (χ0n) is 19.4. The van der Waals surface area contributed by atoms with Crippen molar-refractivity contribution in [3.63, 3.8) is 0 Å². The number of allylic oxidation sites excluding steroid dienone is 1. The van der Waals surface area contributed by atoms with Crippen LogP contribution in [0.3, 0.4) is 0 Å². The fraction of sp³-hybridized carbons (Fsp3) is 0.222. The van der Waals surface area contributed by atoms with E-state index in [2.05, 4.69) is 17.1 Å². The van der Waals surface area contributed by atoms with Gasteiger partial charge >= 0.3 is 0 Å². The Kier molecular flexibility index (Phi) is 6.59. The number of benzene rings is 3. The molecule has 0 fully saturated rings. The lowest BCUT2D eigenvalue weighted by Crippen LogP contribution is -2.26. The minimum atomic E-state index is -3.29. The maximum absolute atomic E-state index is 13.1. The van der Waals surface area contributed by atoms with Crippen LogP contribution in [0.1, 0.15) is 25.8 Å². The Morgan fingerprint density at radius 3 is 2.44 bits per heavy atom. The first-order chi connectivity index (χ1) is 16.2. The molecule has 1 unspecified atom stereocenters. The van der Waals surface area contributed by atoms with Crippen LogP contribution in [0.5, 0.6) is 0 Å². The van der Waals surface area contributed by atoms with Gasteiger partial charge in [0.2, 0.25) is 0 Å². The summed E-state index contributed by atoms with van der Waals surface area (Å²) >= 11 is 0. The number of carbonyl (C=O) groups excluding carboxylic acids is 1. The average molecular weight is 477 g/mol. The molecule has 1 amide bonds. The molecule has 0 saturated carbocycles. The first-order valence-electron chi connectivity index (χ1n) is 11.1. The van der Waals surface area contributed by atoms with Gasteiger partial charge in [-0.15, -0.1) is 0 Å². The Labute approximate surface area is 200 Å². The Morgan fingerprint density at radius 2 is 1.76 bits per heavy atom. The Bertz CT molecular complexity index is 1360. The van der Waals surface area contributed by atoms with Crippen LogP contribution in [0, 0.1) is 0 Å². The molecule has 0 aromatic heterocycles. The number of para-hydroxylation sites is 1. The second-order valence-corrected chi connectivity index (χ2v) is 10.6. The second-order valence-electron chi connectivity index (χ2n) is 8.61. The summed E-state index contributed by atoms with van der Waals surface area (Å²) in [4.78, 5) is 15.5. The highest BCUT2D eigenvalue weighted by Crippen LogP contribution is 2.40. The summed E-state index contributed by atoms with van der Waals surface area (Å²) in [5.74, 6) is -0.196. The van der Waals surface area contributed by atoms with Crippen LogP contribution >= 0.6 is 0 Å². The standard InChI is InChI=1S/C27H28N2O4S/c1-18-15-25(27(31)28-22-11-13-23(14-12-22)34(3,32)33)19(2)29(18)26-10-5-4-9-24(26)21-8-6-7-20(16-21)17-30/h4-14,16,18,30H,15,17H2,1-3H3,(H,28,31). The van der Waals surface area contributed by atoms with Gasteiger partial charge in [0.1, 0.15) is 0 Å². The van der Waals surface area contributed by atoms with E-state index in [1.165, 1.54) is 12.1 Å². The van der Waals surface area contributed by atoms with Gasteiger partial charge < -0.3 is 15.3 Å². The van der Waals surface area contributed by atoms with Crippen molar-refractivity contribution < 1.29 is 18.3 Å². The molecule has 176 valence electrons. The highest BCUT2D eigenvalue weighted by Gasteiger charge is 2.32. The summed E-state index contributed by atoms with van der Waals surface area (Å²) in [6.07, 6.45) is 1.74. The van der Waals surface area contributed by atoms with Crippen molar-refractivity contribution in [2.45, 2.75) is 37.8 Å². The number of carbonyl (C=O) groups is 1. The van der Waals surface area contributed by atoms with Crippen molar-refractivity contribution in [2.75, 3.05) is 16.5 Å². The molecule has 2 N–H and O–H groups in total. The number of nitrogens with zero attached hydrogens (tertiary/aromatic N) is 1. The molecule has 0 saturated heterocycles. The number of aliphatic hydroxyl groups is 1. The van der Waals surface area contributed by atoms with Crippen LogP contribution in [0.25, 0.3) is 11.1 Å². The van der Waals surface area contributed by atoms with Crippen molar-refractivity contribution in [3.05, 3.63) is 89.6 Å². The molecular formula is C27H28N2O4S. The molecule has 0 spiro atoms. The second kappa shape index (κ2) is 9.44. The number of anilines is 2. The molecule has 4 rings (SSSR count). The van der Waals surface area contributed by atoms with E-state index in [-0.39, 0.29) is 23.5 Å². The van der Waals surface area contributed by atoms with E-state index in [0.29, 0.717) is 17.7 Å². The molecule has 0 aliphatic carbocycles. The highest BCUT2D eigenvalue weighted by atomic mass is 32.2. The lowest BCUT2D eigenvalue weighted by molar-refractivity contribution is -0.113. The van der Waals surface area contributed by atoms with Crippen molar-refractivity contribution in [2.24, 2.45) is 0 Å². The van der Waals surface area contributed by atoms with E-state index in [1.54, 1.807) is 12.1 Å². The largest absolute Gasteiger partial charge is 0.392 e. The number of hydrogen-bond donors (Lipinski definition) is 2. The predicted octanol–water partition coefficient (Wildman–Crippen LogP) is 4.76. The van der Waals surface area contributed by atoms with E-state index >= 15 is 0 Å². The lowest BCUT2D eigenvalue weighted by Gasteiger charge is -2.28. The number of hydrogen-bond acceptors (Lipinski definition) is 5. The summed E-state index contributed by atoms with van der Waals surface area (Å²) in [6, 6.07) is 22.1. The van der Waals surface area contributed by atoms with Crippen molar-refractivity contribution >= 4 is 27.1 Å². The summed E-state index contributed by atoms with van der Waals surface area (Å²) < 4.78 is 23.4. The van der Waals surface area contributed by atoms with Gasteiger partial charge in [-0.3, -0.25) is 4.79 Å². The normalized spacial score (nSPS) is 16.1. The molecule has 6 nitrogen and oxygen atoms in total. The Balaban J connectivity index is 1.64. The smallest absolute Gasteiger partial charge is 0.253 e. The summed E-state index contributed by atoms with van der Waals surface area (Å²) in [5, 5.41) is 12.5. The number of amides is 1. The number of rotatable bonds is 6. The van der Waals surface area contributed by atoms with E-state index in [1.807, 2.05) is 55.5 Å². The first kappa shape index (κ1) is 23.7. The minimum absolute atomic E-state index is 0.0233. The van der Waals surface area contributed by atoms with Crippen LogP contribution in [-0.4, -0.2) is 31.7 Å². The zero-order chi connectivity index (χ0) is 24.5. The molecule has 1 aliphatic rings. The van der Waals surface area contributed by atoms with Crippen LogP contribution in [0.2, 0.25) is 0 Å². The number of nitrogens with one attached hydrogen (secondary N) is 1. The van der Waals surface area contributed by atoms with E-state index in [9.17, 15) is 18.3 Å². The fourth-order valence-electron chi connectivity index (χ4n) is 4.44. The molecule has 1 heterocycles. The monoisotopic (exact) mass is 476 g/mol. The predicted molar refractivity (Wildman–Crippen MR) is 135 cm³/mol. The molecule has 0 radical (unpaired) electrons. The molecule has 0 bridgehead atoms. The minimum Gasteiger partial charge on any atom is -0.392 e. The third kappa shape index (κ3) is 4.76. The van der Waals surface area contributed by atoms with Gasteiger partial charge in [-0.1, -0.05) is 36.4 Å². The zero-order valence-corrected chi connectivity index (χ0v) is 20.3. The van der Waals surface area contributed by atoms with Crippen molar-refractivity contribution in [3.8, 4) is 11.1 Å². The quantitative estimate of drug-likeness (QED) is 0.536. The van der Waals surface area contributed by atoms with Gasteiger partial charge in [-0.2, -0.15) is 0 Å². The van der Waals surface area contributed by atoms with E-state index in [4.69, 9.17) is 0 Å². The molecule has 1 aliphatic heterocycles. The topological polar surface area (TPSA) is 86.7 Å².